The van der Waals surface area contributed by atoms with Gasteiger partial charge in [-0.1, -0.05) is 44.2 Å². The number of ether oxygens (including phenoxy) is 5. The Morgan fingerprint density at radius 3 is 2.48 bits per heavy atom. The summed E-state index contributed by atoms with van der Waals surface area (Å²) in [5.41, 5.74) is -0.334. The summed E-state index contributed by atoms with van der Waals surface area (Å²) in [6, 6.07) is 11.6. The Hall–Kier alpha value is -3.50. The molecular formula is C30H42N2O8. The Balaban J connectivity index is 2.10. The molecule has 0 aliphatic rings. The van der Waals surface area contributed by atoms with Gasteiger partial charge in [0.15, 0.2) is 17.2 Å². The first-order valence-electron chi connectivity index (χ1n) is 13.4. The zero-order valence-electron chi connectivity index (χ0n) is 24.3. The van der Waals surface area contributed by atoms with Crippen molar-refractivity contribution >= 4 is 18.2 Å². The van der Waals surface area contributed by atoms with Crippen LogP contribution in [0.15, 0.2) is 42.6 Å². The number of pyridine rings is 1. The zero-order valence-corrected chi connectivity index (χ0v) is 24.3. The molecule has 1 aromatic heterocycles. The second kappa shape index (κ2) is 16.6. The van der Waals surface area contributed by atoms with E-state index in [9.17, 15) is 14.4 Å². The Kier molecular flexibility index (Phi) is 13.5. The highest BCUT2D eigenvalue weighted by molar-refractivity contribution is 5.97. The van der Waals surface area contributed by atoms with Crippen molar-refractivity contribution in [1.82, 2.24) is 10.3 Å². The largest absolute Gasteiger partial charge is 0.493 e. The van der Waals surface area contributed by atoms with Gasteiger partial charge in [-0.15, -0.1) is 0 Å². The summed E-state index contributed by atoms with van der Waals surface area (Å²) in [5, 5.41) is 2.69. The molecule has 0 unspecified atom stereocenters. The van der Waals surface area contributed by atoms with Crippen molar-refractivity contribution in [3.8, 4) is 11.5 Å². The Labute approximate surface area is 236 Å². The van der Waals surface area contributed by atoms with Gasteiger partial charge in [-0.25, -0.2) is 4.98 Å². The molecule has 1 heterocycles. The van der Waals surface area contributed by atoms with Crippen LogP contribution in [-0.2, 0) is 30.2 Å². The quantitative estimate of drug-likeness (QED) is 0.125. The average molecular weight is 559 g/mol. The van der Waals surface area contributed by atoms with Gasteiger partial charge in [0.2, 0.25) is 6.79 Å². The number of methoxy groups -OCH3 is 1. The van der Waals surface area contributed by atoms with E-state index in [0.717, 1.165) is 18.4 Å². The third-order valence-corrected chi connectivity index (χ3v) is 6.25. The monoisotopic (exact) mass is 558 g/mol. The summed E-state index contributed by atoms with van der Waals surface area (Å²) in [6.07, 6.45) is 3.44. The number of carbonyl (C=O) groups is 3. The maximum absolute atomic E-state index is 13.2. The fraction of sp³-hybridized carbons (Fsp3) is 0.533. The minimum atomic E-state index is -1.36. The molecule has 2 rings (SSSR count). The fourth-order valence-electron chi connectivity index (χ4n) is 3.75. The number of carbonyl (C=O) groups excluding carboxylic acids is 3. The number of nitrogens with one attached hydrogen (secondary N) is 1. The van der Waals surface area contributed by atoms with E-state index in [4.69, 9.17) is 23.7 Å². The summed E-state index contributed by atoms with van der Waals surface area (Å²) in [4.78, 5) is 40.6. The van der Waals surface area contributed by atoms with Gasteiger partial charge in [-0.3, -0.25) is 9.59 Å². The minimum absolute atomic E-state index is 0.0206. The lowest BCUT2D eigenvalue weighted by Crippen LogP contribution is -2.52. The van der Waals surface area contributed by atoms with Crippen LogP contribution >= 0.6 is 0 Å². The number of hydrogen-bond acceptors (Lipinski definition) is 9. The molecule has 0 bridgehead atoms. The molecule has 2 aromatic rings. The lowest BCUT2D eigenvalue weighted by Gasteiger charge is -2.30. The Bertz CT molecular complexity index is 1080. The van der Waals surface area contributed by atoms with Crippen molar-refractivity contribution < 1.29 is 38.1 Å². The molecule has 0 saturated carbocycles. The number of nitrogens with zero attached hydrogens (tertiary/aromatic N) is 1. The molecular weight excluding hydrogens is 516 g/mol. The van der Waals surface area contributed by atoms with Gasteiger partial charge >= 0.3 is 5.97 Å². The number of amides is 1. The van der Waals surface area contributed by atoms with Crippen molar-refractivity contribution in [3.63, 3.8) is 0 Å². The molecule has 1 amide bonds. The van der Waals surface area contributed by atoms with E-state index >= 15 is 0 Å². The number of benzene rings is 1. The van der Waals surface area contributed by atoms with Crippen LogP contribution in [0, 0.1) is 11.8 Å². The molecule has 10 heteroatoms. The van der Waals surface area contributed by atoms with E-state index in [-0.39, 0.29) is 35.8 Å². The minimum Gasteiger partial charge on any atom is -0.493 e. The van der Waals surface area contributed by atoms with Gasteiger partial charge in [-0.05, 0) is 38.2 Å². The van der Waals surface area contributed by atoms with Crippen LogP contribution < -0.4 is 14.8 Å². The highest BCUT2D eigenvalue weighted by Gasteiger charge is 2.31. The van der Waals surface area contributed by atoms with Crippen LogP contribution in [0.5, 0.6) is 11.5 Å². The lowest BCUT2D eigenvalue weighted by atomic mass is 9.95. The molecule has 0 aliphatic heterocycles. The number of aldehydes is 1. The van der Waals surface area contributed by atoms with Crippen LogP contribution in [0.4, 0.5) is 0 Å². The van der Waals surface area contributed by atoms with E-state index in [1.807, 2.05) is 25.1 Å². The Morgan fingerprint density at radius 1 is 1.12 bits per heavy atom. The van der Waals surface area contributed by atoms with Crippen molar-refractivity contribution in [2.24, 2.45) is 11.8 Å². The molecule has 0 saturated heterocycles. The summed E-state index contributed by atoms with van der Waals surface area (Å²) in [6.45, 7) is 9.70. The van der Waals surface area contributed by atoms with Gasteiger partial charge in [-0.2, -0.15) is 0 Å². The number of aromatic nitrogens is 1. The third-order valence-electron chi connectivity index (χ3n) is 6.25. The molecule has 220 valence electrons. The van der Waals surface area contributed by atoms with Gasteiger partial charge in [0, 0.05) is 31.7 Å². The van der Waals surface area contributed by atoms with Crippen LogP contribution in [0.1, 0.15) is 57.1 Å². The SMILES string of the molecule is COc1ccnc(C(=O)N[C@](C)(C=O)CO[C@@H](C)[C@@H](COCCC(C)C)Cc2ccccc2)c1OCOC(C)=O. The lowest BCUT2D eigenvalue weighted by molar-refractivity contribution is -0.147. The van der Waals surface area contributed by atoms with Crippen LogP contribution in [0.2, 0.25) is 0 Å². The maximum Gasteiger partial charge on any atom is 0.305 e. The van der Waals surface area contributed by atoms with E-state index in [2.05, 4.69) is 36.3 Å². The second-order valence-electron chi connectivity index (χ2n) is 10.3. The van der Waals surface area contributed by atoms with Crippen LogP contribution in [0.3, 0.4) is 0 Å². The first-order valence-corrected chi connectivity index (χ1v) is 13.4. The van der Waals surface area contributed by atoms with E-state index in [1.54, 1.807) is 6.92 Å². The molecule has 3 atom stereocenters. The molecule has 0 fully saturated rings. The topological polar surface area (TPSA) is 122 Å². The number of rotatable bonds is 18. The zero-order chi connectivity index (χ0) is 29.5. The second-order valence-corrected chi connectivity index (χ2v) is 10.3. The standard InChI is InChI=1S/C30H42N2O8/c1-21(2)13-15-37-17-25(16-24-10-8-7-9-11-24)22(3)38-19-30(5,18-33)32-29(35)27-28(40-20-39-23(4)34)26(36-6)12-14-31-27/h7-12,14,18,21-22,25H,13,15-17,19-20H2,1-6H3,(H,32,35)/t22-,25+,30+/m0/s1. The molecule has 40 heavy (non-hydrogen) atoms. The number of esters is 1. The highest BCUT2D eigenvalue weighted by Crippen LogP contribution is 2.30. The highest BCUT2D eigenvalue weighted by atomic mass is 16.7. The fourth-order valence-corrected chi connectivity index (χ4v) is 3.75. The molecule has 0 radical (unpaired) electrons. The molecule has 10 nitrogen and oxygen atoms in total. The maximum atomic E-state index is 13.2. The van der Waals surface area contributed by atoms with Crippen molar-refractivity contribution in [2.45, 2.75) is 59.1 Å². The smallest absolute Gasteiger partial charge is 0.305 e. The average Bonchev–Trinajstić information content (AvgIpc) is 2.93. The summed E-state index contributed by atoms with van der Waals surface area (Å²) < 4.78 is 27.7. The summed E-state index contributed by atoms with van der Waals surface area (Å²) in [7, 11) is 1.40. The van der Waals surface area contributed by atoms with Crippen molar-refractivity contribution in [1.29, 1.82) is 0 Å². The van der Waals surface area contributed by atoms with E-state index in [1.165, 1.54) is 26.3 Å². The third kappa shape index (κ3) is 10.9. The molecule has 1 N–H and O–H groups in total. The van der Waals surface area contributed by atoms with E-state index < -0.39 is 24.2 Å². The van der Waals surface area contributed by atoms with Gasteiger partial charge in [0.1, 0.15) is 11.8 Å². The van der Waals surface area contributed by atoms with Crippen molar-refractivity contribution in [3.05, 3.63) is 53.9 Å². The van der Waals surface area contributed by atoms with Crippen LogP contribution in [-0.4, -0.2) is 68.5 Å². The predicted molar refractivity (Wildman–Crippen MR) is 149 cm³/mol. The summed E-state index contributed by atoms with van der Waals surface area (Å²) >= 11 is 0. The van der Waals surface area contributed by atoms with Gasteiger partial charge in [0.25, 0.3) is 5.91 Å². The first-order chi connectivity index (χ1) is 19.1. The first kappa shape index (κ1) is 32.7. The van der Waals surface area contributed by atoms with Crippen LogP contribution in [0.25, 0.3) is 0 Å². The van der Waals surface area contributed by atoms with Gasteiger partial charge < -0.3 is 33.8 Å². The van der Waals surface area contributed by atoms with Gasteiger partial charge in [0.05, 0.1) is 26.4 Å². The number of hydrogen-bond donors (Lipinski definition) is 1. The normalized spacial score (nSPS) is 14.1. The molecule has 0 spiro atoms. The predicted octanol–water partition coefficient (Wildman–Crippen LogP) is 4.00. The summed E-state index contributed by atoms with van der Waals surface area (Å²) in [5.74, 6) is -0.462. The Morgan fingerprint density at radius 2 is 1.85 bits per heavy atom. The molecule has 0 aliphatic carbocycles. The van der Waals surface area contributed by atoms with E-state index in [0.29, 0.717) is 25.4 Å². The van der Waals surface area contributed by atoms with Crippen molar-refractivity contribution in [2.75, 3.05) is 33.7 Å². The molecule has 1 aromatic carbocycles.